The maximum atomic E-state index is 11.9. The monoisotopic (exact) mass is 308 g/mol. The molecule has 0 bridgehead atoms. The van der Waals surface area contributed by atoms with E-state index in [2.05, 4.69) is 27.2 Å². The minimum atomic E-state index is 0.133. The summed E-state index contributed by atoms with van der Waals surface area (Å²) in [5.41, 5.74) is 2.18. The lowest BCUT2D eigenvalue weighted by atomic mass is 10.2. The summed E-state index contributed by atoms with van der Waals surface area (Å²) in [7, 11) is 0. The van der Waals surface area contributed by atoms with E-state index in [1.54, 1.807) is 0 Å². The Balaban J connectivity index is 1.75. The number of nitrogens with zero attached hydrogens (tertiary/aromatic N) is 3. The summed E-state index contributed by atoms with van der Waals surface area (Å²) in [5, 5.41) is 7.03. The third-order valence-corrected chi connectivity index (χ3v) is 4.41. The van der Waals surface area contributed by atoms with Crippen LogP contribution in [0.3, 0.4) is 0 Å². The first-order chi connectivity index (χ1) is 10.5. The van der Waals surface area contributed by atoms with Gasteiger partial charge in [0.1, 0.15) is 5.76 Å². The molecule has 124 valence electrons. The summed E-state index contributed by atoms with van der Waals surface area (Å²) in [6.45, 7) is 13.3. The maximum absolute atomic E-state index is 11.9. The lowest BCUT2D eigenvalue weighted by Crippen LogP contribution is -2.49. The Morgan fingerprint density at radius 3 is 2.45 bits per heavy atom. The fourth-order valence-corrected chi connectivity index (χ4v) is 2.68. The fraction of sp³-hybridized carbons (Fsp3) is 0.750. The number of hydrogen-bond donors (Lipinski definition) is 1. The van der Waals surface area contributed by atoms with Crippen LogP contribution in [-0.2, 0) is 11.3 Å². The summed E-state index contributed by atoms with van der Waals surface area (Å²) < 4.78 is 5.22. The van der Waals surface area contributed by atoms with Gasteiger partial charge in [-0.05, 0) is 27.2 Å². The largest absolute Gasteiger partial charge is 0.361 e. The molecular weight excluding hydrogens is 280 g/mol. The molecule has 1 saturated heterocycles. The number of hydrogen-bond acceptors (Lipinski definition) is 5. The third kappa shape index (κ3) is 4.55. The first kappa shape index (κ1) is 17.0. The average Bonchev–Trinajstić information content (AvgIpc) is 2.80. The van der Waals surface area contributed by atoms with Gasteiger partial charge in [-0.2, -0.15) is 0 Å². The molecule has 2 heterocycles. The van der Waals surface area contributed by atoms with Gasteiger partial charge in [0.15, 0.2) is 0 Å². The second-order valence-corrected chi connectivity index (χ2v) is 6.23. The number of rotatable bonds is 6. The van der Waals surface area contributed by atoms with E-state index in [0.717, 1.165) is 50.6 Å². The molecule has 6 nitrogen and oxygen atoms in total. The highest BCUT2D eigenvalue weighted by molar-refractivity contribution is 5.78. The topological polar surface area (TPSA) is 61.6 Å². The molecule has 0 aromatic carbocycles. The van der Waals surface area contributed by atoms with Gasteiger partial charge in [-0.25, -0.2) is 0 Å². The van der Waals surface area contributed by atoms with Crippen molar-refractivity contribution in [2.24, 2.45) is 0 Å². The zero-order valence-electron chi connectivity index (χ0n) is 14.2. The fourth-order valence-electron chi connectivity index (χ4n) is 2.68. The van der Waals surface area contributed by atoms with E-state index in [4.69, 9.17) is 4.52 Å². The summed E-state index contributed by atoms with van der Waals surface area (Å²) in [4.78, 5) is 16.5. The van der Waals surface area contributed by atoms with Crippen LogP contribution in [0.25, 0.3) is 0 Å². The molecule has 1 aliphatic rings. The van der Waals surface area contributed by atoms with Crippen LogP contribution in [0.15, 0.2) is 4.52 Å². The highest BCUT2D eigenvalue weighted by Gasteiger charge is 2.21. The molecule has 1 amide bonds. The first-order valence-electron chi connectivity index (χ1n) is 8.15. The van der Waals surface area contributed by atoms with E-state index in [9.17, 15) is 4.79 Å². The van der Waals surface area contributed by atoms with Crippen LogP contribution >= 0.6 is 0 Å². The van der Waals surface area contributed by atoms with Crippen LogP contribution in [-0.4, -0.2) is 59.6 Å². The molecule has 1 unspecified atom stereocenters. The van der Waals surface area contributed by atoms with Gasteiger partial charge in [-0.1, -0.05) is 12.1 Å². The Bertz CT molecular complexity index is 473. The SMILES string of the molecule is CCC(C)NC(=O)CN1CCN(Cc2c(C)noc2C)CC1. The molecule has 2 rings (SSSR count). The van der Waals surface area contributed by atoms with E-state index >= 15 is 0 Å². The van der Waals surface area contributed by atoms with Crippen molar-refractivity contribution in [2.45, 2.75) is 46.7 Å². The van der Waals surface area contributed by atoms with Gasteiger partial charge in [-0.15, -0.1) is 0 Å². The number of amides is 1. The van der Waals surface area contributed by atoms with Gasteiger partial charge in [0.2, 0.25) is 5.91 Å². The number of carbonyl (C=O) groups excluding carboxylic acids is 1. The molecule has 6 heteroatoms. The summed E-state index contributed by atoms with van der Waals surface area (Å²) in [6.07, 6.45) is 0.969. The second kappa shape index (κ2) is 7.74. The van der Waals surface area contributed by atoms with Crippen molar-refractivity contribution in [3.63, 3.8) is 0 Å². The Morgan fingerprint density at radius 1 is 1.27 bits per heavy atom. The van der Waals surface area contributed by atoms with E-state index < -0.39 is 0 Å². The molecule has 22 heavy (non-hydrogen) atoms. The predicted molar refractivity (Wildman–Crippen MR) is 85.6 cm³/mol. The second-order valence-electron chi connectivity index (χ2n) is 6.23. The van der Waals surface area contributed by atoms with Gasteiger partial charge < -0.3 is 9.84 Å². The highest BCUT2D eigenvalue weighted by atomic mass is 16.5. The standard InChI is InChI=1S/C16H28N4O2/c1-5-12(2)17-16(21)11-20-8-6-19(7-9-20)10-15-13(3)18-22-14(15)4/h12H,5-11H2,1-4H3,(H,17,21). The normalized spacial score (nSPS) is 18.4. The number of aryl methyl sites for hydroxylation is 2. The Labute approximate surface area is 132 Å². The van der Waals surface area contributed by atoms with Crippen LogP contribution in [0.5, 0.6) is 0 Å². The third-order valence-electron chi connectivity index (χ3n) is 4.41. The molecule has 1 atom stereocenters. The van der Waals surface area contributed by atoms with E-state index in [-0.39, 0.29) is 11.9 Å². The van der Waals surface area contributed by atoms with E-state index in [1.165, 1.54) is 5.56 Å². The van der Waals surface area contributed by atoms with Crippen molar-refractivity contribution in [2.75, 3.05) is 32.7 Å². The van der Waals surface area contributed by atoms with Gasteiger partial charge in [0, 0.05) is 44.3 Å². The van der Waals surface area contributed by atoms with Gasteiger partial charge in [0.25, 0.3) is 0 Å². The summed E-state index contributed by atoms with van der Waals surface area (Å²) in [6, 6.07) is 0.258. The number of carbonyl (C=O) groups is 1. The number of nitrogens with one attached hydrogen (secondary N) is 1. The molecule has 1 aromatic rings. The molecule has 0 spiro atoms. The Hall–Kier alpha value is -1.40. The van der Waals surface area contributed by atoms with Gasteiger partial charge >= 0.3 is 0 Å². The summed E-state index contributed by atoms with van der Waals surface area (Å²) >= 11 is 0. The van der Waals surface area contributed by atoms with Crippen molar-refractivity contribution >= 4 is 5.91 Å². The quantitative estimate of drug-likeness (QED) is 0.859. The predicted octanol–water partition coefficient (Wildman–Crippen LogP) is 1.32. The molecule has 1 fully saturated rings. The van der Waals surface area contributed by atoms with Crippen LogP contribution < -0.4 is 5.32 Å². The Kier molecular flexibility index (Phi) is 5.97. The van der Waals surface area contributed by atoms with Crippen molar-refractivity contribution in [1.29, 1.82) is 0 Å². The van der Waals surface area contributed by atoms with E-state index in [0.29, 0.717) is 6.54 Å². The van der Waals surface area contributed by atoms with Crippen molar-refractivity contribution in [3.05, 3.63) is 17.0 Å². The molecule has 1 aliphatic heterocycles. The lowest BCUT2D eigenvalue weighted by Gasteiger charge is -2.34. The zero-order chi connectivity index (χ0) is 16.1. The van der Waals surface area contributed by atoms with Gasteiger partial charge in [0.05, 0.1) is 12.2 Å². The average molecular weight is 308 g/mol. The van der Waals surface area contributed by atoms with Gasteiger partial charge in [-0.3, -0.25) is 14.6 Å². The summed E-state index contributed by atoms with van der Waals surface area (Å²) in [5.74, 6) is 1.04. The Morgan fingerprint density at radius 2 is 1.91 bits per heavy atom. The van der Waals surface area contributed by atoms with Crippen LogP contribution in [0, 0.1) is 13.8 Å². The molecule has 1 aromatic heterocycles. The molecule has 0 aliphatic carbocycles. The molecule has 1 N–H and O–H groups in total. The van der Waals surface area contributed by atoms with Crippen molar-refractivity contribution in [3.8, 4) is 0 Å². The van der Waals surface area contributed by atoms with Crippen molar-refractivity contribution < 1.29 is 9.32 Å². The number of piperazine rings is 1. The maximum Gasteiger partial charge on any atom is 0.234 e. The van der Waals surface area contributed by atoms with Crippen LogP contribution in [0.1, 0.15) is 37.3 Å². The van der Waals surface area contributed by atoms with Crippen LogP contribution in [0.2, 0.25) is 0 Å². The lowest BCUT2D eigenvalue weighted by molar-refractivity contribution is -0.123. The molecule has 0 saturated carbocycles. The number of aromatic nitrogens is 1. The zero-order valence-corrected chi connectivity index (χ0v) is 14.2. The van der Waals surface area contributed by atoms with E-state index in [1.807, 2.05) is 20.8 Å². The first-order valence-corrected chi connectivity index (χ1v) is 8.15. The smallest absolute Gasteiger partial charge is 0.234 e. The highest BCUT2D eigenvalue weighted by Crippen LogP contribution is 2.16. The minimum Gasteiger partial charge on any atom is -0.361 e. The molecular formula is C16H28N4O2. The van der Waals surface area contributed by atoms with Crippen molar-refractivity contribution in [1.82, 2.24) is 20.3 Å². The van der Waals surface area contributed by atoms with Crippen LogP contribution in [0.4, 0.5) is 0 Å². The molecule has 0 radical (unpaired) electrons. The minimum absolute atomic E-state index is 0.133.